The summed E-state index contributed by atoms with van der Waals surface area (Å²) in [4.78, 5) is 24.5. The topological polar surface area (TPSA) is 84.7 Å². The number of hydrogen-bond acceptors (Lipinski definition) is 4. The Bertz CT molecular complexity index is 504. The number of likely N-dealkylation sites (tertiary alicyclic amines) is 1. The molecule has 0 radical (unpaired) electrons. The summed E-state index contributed by atoms with van der Waals surface area (Å²) >= 11 is 0. The minimum Gasteiger partial charge on any atom is -0.481 e. The number of ether oxygens (including phenoxy) is 1. The van der Waals surface area contributed by atoms with Crippen molar-refractivity contribution < 1.29 is 19.4 Å². The largest absolute Gasteiger partial charge is 0.481 e. The average Bonchev–Trinajstić information content (AvgIpc) is 2.94. The zero-order valence-electron chi connectivity index (χ0n) is 12.4. The minimum absolute atomic E-state index is 0.0402. The van der Waals surface area contributed by atoms with Gasteiger partial charge in [0.2, 0.25) is 0 Å². The molecular formula is C14H21N3O4. The van der Waals surface area contributed by atoms with Crippen molar-refractivity contribution in [2.75, 3.05) is 19.7 Å². The molecule has 2 rings (SSSR count). The van der Waals surface area contributed by atoms with Gasteiger partial charge in [-0.2, -0.15) is 5.10 Å². The highest BCUT2D eigenvalue weighted by atomic mass is 16.5. The van der Waals surface area contributed by atoms with Gasteiger partial charge in [-0.1, -0.05) is 0 Å². The van der Waals surface area contributed by atoms with Gasteiger partial charge >= 0.3 is 5.97 Å². The zero-order chi connectivity index (χ0) is 15.4. The summed E-state index contributed by atoms with van der Waals surface area (Å²) in [5.74, 6) is -0.660. The van der Waals surface area contributed by atoms with Gasteiger partial charge in [0.05, 0.1) is 18.3 Å². The van der Waals surface area contributed by atoms with E-state index in [1.54, 1.807) is 22.0 Å². The van der Waals surface area contributed by atoms with Crippen molar-refractivity contribution in [2.24, 2.45) is 5.92 Å². The number of amides is 1. The second kappa shape index (κ2) is 6.60. The molecule has 0 spiro atoms. The van der Waals surface area contributed by atoms with Crippen LogP contribution in [-0.2, 0) is 9.59 Å². The van der Waals surface area contributed by atoms with E-state index in [0.29, 0.717) is 31.7 Å². The van der Waals surface area contributed by atoms with Crippen molar-refractivity contribution in [1.29, 1.82) is 0 Å². The predicted molar refractivity (Wildman–Crippen MR) is 75.0 cm³/mol. The maximum absolute atomic E-state index is 12.0. The smallest absolute Gasteiger partial charge is 0.306 e. The number of rotatable bonds is 5. The summed E-state index contributed by atoms with van der Waals surface area (Å²) < 4.78 is 7.20. The number of hydrogen-bond donors (Lipinski definition) is 1. The van der Waals surface area contributed by atoms with Crippen molar-refractivity contribution in [1.82, 2.24) is 14.7 Å². The molecular weight excluding hydrogens is 274 g/mol. The Morgan fingerprint density at radius 1 is 1.43 bits per heavy atom. The standard InChI is InChI=1S/C14H21N3O4/c1-10(2)17-8-12(7-15-17)21-9-13(18)16-5-3-11(4-6-16)14(19)20/h7-8,10-11H,3-6,9H2,1-2H3,(H,19,20). The summed E-state index contributed by atoms with van der Waals surface area (Å²) in [7, 11) is 0. The highest BCUT2D eigenvalue weighted by molar-refractivity contribution is 5.78. The van der Waals surface area contributed by atoms with Crippen LogP contribution in [-0.4, -0.2) is 51.4 Å². The molecule has 0 saturated carbocycles. The molecule has 21 heavy (non-hydrogen) atoms. The average molecular weight is 295 g/mol. The molecule has 7 heteroatoms. The first-order valence-corrected chi connectivity index (χ1v) is 7.15. The molecule has 0 unspecified atom stereocenters. The quantitative estimate of drug-likeness (QED) is 0.881. The number of carboxylic acid groups (broad SMARTS) is 1. The second-order valence-electron chi connectivity index (χ2n) is 5.53. The fourth-order valence-electron chi connectivity index (χ4n) is 2.29. The van der Waals surface area contributed by atoms with Gasteiger partial charge in [0.1, 0.15) is 0 Å². The van der Waals surface area contributed by atoms with Crippen molar-refractivity contribution in [3.63, 3.8) is 0 Å². The monoisotopic (exact) mass is 295 g/mol. The van der Waals surface area contributed by atoms with E-state index < -0.39 is 5.97 Å². The third kappa shape index (κ3) is 3.96. The van der Waals surface area contributed by atoms with Gasteiger partial charge in [-0.15, -0.1) is 0 Å². The molecule has 2 heterocycles. The van der Waals surface area contributed by atoms with Crippen LogP contribution in [0, 0.1) is 5.92 Å². The van der Waals surface area contributed by atoms with Crippen LogP contribution >= 0.6 is 0 Å². The lowest BCUT2D eigenvalue weighted by atomic mass is 9.97. The van der Waals surface area contributed by atoms with Gasteiger partial charge < -0.3 is 14.7 Å². The number of aliphatic carboxylic acids is 1. The van der Waals surface area contributed by atoms with Crippen molar-refractivity contribution in [2.45, 2.75) is 32.7 Å². The first-order valence-electron chi connectivity index (χ1n) is 7.15. The molecule has 116 valence electrons. The maximum Gasteiger partial charge on any atom is 0.306 e. The van der Waals surface area contributed by atoms with Crippen LogP contribution < -0.4 is 4.74 Å². The molecule has 1 aliphatic heterocycles. The summed E-state index contributed by atoms with van der Waals surface area (Å²) in [5.41, 5.74) is 0. The molecule has 7 nitrogen and oxygen atoms in total. The van der Waals surface area contributed by atoms with E-state index in [1.165, 1.54) is 0 Å². The third-order valence-corrected chi connectivity index (χ3v) is 3.67. The van der Waals surface area contributed by atoms with Gasteiger partial charge in [0, 0.05) is 19.1 Å². The molecule has 1 saturated heterocycles. The van der Waals surface area contributed by atoms with Gasteiger partial charge in [-0.05, 0) is 26.7 Å². The molecule has 1 N–H and O–H groups in total. The van der Waals surface area contributed by atoms with Crippen molar-refractivity contribution in [3.8, 4) is 5.75 Å². The lowest BCUT2D eigenvalue weighted by Gasteiger charge is -2.29. The highest BCUT2D eigenvalue weighted by Crippen LogP contribution is 2.18. The molecule has 1 fully saturated rings. The summed E-state index contributed by atoms with van der Waals surface area (Å²) in [6.45, 7) is 4.93. The number of piperidine rings is 1. The number of carbonyl (C=O) groups excluding carboxylic acids is 1. The molecule has 1 amide bonds. The van der Waals surface area contributed by atoms with Gasteiger partial charge in [-0.25, -0.2) is 0 Å². The van der Waals surface area contributed by atoms with Crippen LogP contribution in [0.3, 0.4) is 0 Å². The molecule has 0 aliphatic carbocycles. The Kier molecular flexibility index (Phi) is 4.82. The van der Waals surface area contributed by atoms with Crippen LogP contribution in [0.5, 0.6) is 5.75 Å². The second-order valence-corrected chi connectivity index (χ2v) is 5.53. The van der Waals surface area contributed by atoms with Crippen molar-refractivity contribution >= 4 is 11.9 Å². The lowest BCUT2D eigenvalue weighted by Crippen LogP contribution is -2.42. The number of aromatic nitrogens is 2. The number of carbonyl (C=O) groups is 2. The van der Waals surface area contributed by atoms with E-state index in [1.807, 2.05) is 13.8 Å². The Morgan fingerprint density at radius 3 is 2.62 bits per heavy atom. The molecule has 1 aromatic heterocycles. The van der Waals surface area contributed by atoms with E-state index in [4.69, 9.17) is 9.84 Å². The van der Waals surface area contributed by atoms with Crippen LogP contribution in [0.4, 0.5) is 0 Å². The Hall–Kier alpha value is -2.05. The maximum atomic E-state index is 12.0. The minimum atomic E-state index is -0.778. The fraction of sp³-hybridized carbons (Fsp3) is 0.643. The first-order chi connectivity index (χ1) is 9.97. The predicted octanol–water partition coefficient (Wildman–Crippen LogP) is 1.17. The summed E-state index contributed by atoms with van der Waals surface area (Å²) in [6.07, 6.45) is 4.36. The highest BCUT2D eigenvalue weighted by Gasteiger charge is 2.27. The number of nitrogens with zero attached hydrogens (tertiary/aromatic N) is 3. The van der Waals surface area contributed by atoms with E-state index in [2.05, 4.69) is 5.10 Å². The molecule has 1 aromatic rings. The molecule has 0 aromatic carbocycles. The first kappa shape index (κ1) is 15.3. The van der Waals surface area contributed by atoms with Crippen LogP contribution in [0.15, 0.2) is 12.4 Å². The molecule has 0 bridgehead atoms. The zero-order valence-corrected chi connectivity index (χ0v) is 12.4. The Balaban J connectivity index is 1.78. The molecule has 0 atom stereocenters. The summed E-state index contributed by atoms with van der Waals surface area (Å²) in [5, 5.41) is 13.1. The van der Waals surface area contributed by atoms with Crippen LogP contribution in [0.25, 0.3) is 0 Å². The van der Waals surface area contributed by atoms with E-state index in [9.17, 15) is 9.59 Å². The Labute approximate surface area is 123 Å². The normalized spacial score (nSPS) is 16.2. The fourth-order valence-corrected chi connectivity index (χ4v) is 2.29. The van der Waals surface area contributed by atoms with E-state index in [-0.39, 0.29) is 24.5 Å². The van der Waals surface area contributed by atoms with Gasteiger partial charge in [-0.3, -0.25) is 14.3 Å². The lowest BCUT2D eigenvalue weighted by molar-refractivity contribution is -0.146. The molecule has 1 aliphatic rings. The number of carboxylic acids is 1. The van der Waals surface area contributed by atoms with Crippen LogP contribution in [0.2, 0.25) is 0 Å². The summed E-state index contributed by atoms with van der Waals surface area (Å²) in [6, 6.07) is 0.244. The van der Waals surface area contributed by atoms with Gasteiger partial charge in [0.15, 0.2) is 12.4 Å². The Morgan fingerprint density at radius 2 is 2.10 bits per heavy atom. The van der Waals surface area contributed by atoms with E-state index in [0.717, 1.165) is 0 Å². The SMILES string of the molecule is CC(C)n1cc(OCC(=O)N2CCC(C(=O)O)CC2)cn1. The third-order valence-electron chi connectivity index (χ3n) is 3.67. The van der Waals surface area contributed by atoms with Crippen LogP contribution in [0.1, 0.15) is 32.7 Å². The van der Waals surface area contributed by atoms with Crippen molar-refractivity contribution in [3.05, 3.63) is 12.4 Å². The van der Waals surface area contributed by atoms with E-state index >= 15 is 0 Å². The van der Waals surface area contributed by atoms with Gasteiger partial charge in [0.25, 0.3) is 5.91 Å².